The van der Waals surface area contributed by atoms with Gasteiger partial charge in [-0.1, -0.05) is 24.3 Å². The lowest BCUT2D eigenvalue weighted by Crippen LogP contribution is -2.06. The van der Waals surface area contributed by atoms with Crippen molar-refractivity contribution >= 4 is 33.6 Å². The minimum absolute atomic E-state index is 0.0610. The van der Waals surface area contributed by atoms with Gasteiger partial charge in [0.15, 0.2) is 10.9 Å². The Morgan fingerprint density at radius 1 is 1.03 bits per heavy atom. The summed E-state index contributed by atoms with van der Waals surface area (Å²) < 4.78 is 2.05. The molecule has 0 bridgehead atoms. The van der Waals surface area contributed by atoms with Crippen LogP contribution in [0.1, 0.15) is 27.3 Å². The van der Waals surface area contributed by atoms with Gasteiger partial charge in [-0.15, -0.1) is 11.3 Å². The molecule has 4 aromatic heterocycles. The van der Waals surface area contributed by atoms with E-state index in [9.17, 15) is 4.79 Å². The van der Waals surface area contributed by atoms with Gasteiger partial charge in [-0.05, 0) is 49.7 Å². The SMILES string of the molecule is Cc1ncccc1CC(=O)c1cccc(Nc2nc(-c3c(C)nc4ccccn34)cs2)c1. The highest BCUT2D eigenvalue weighted by molar-refractivity contribution is 7.14. The number of ketones is 1. The van der Waals surface area contributed by atoms with E-state index in [4.69, 9.17) is 4.98 Å². The first-order valence-corrected chi connectivity index (χ1v) is 11.2. The first-order valence-electron chi connectivity index (χ1n) is 10.3. The van der Waals surface area contributed by atoms with Crippen LogP contribution in [0.4, 0.5) is 10.8 Å². The van der Waals surface area contributed by atoms with Crippen molar-refractivity contribution in [3.05, 3.63) is 94.9 Å². The highest BCUT2D eigenvalue weighted by Crippen LogP contribution is 2.30. The summed E-state index contributed by atoms with van der Waals surface area (Å²) in [6.07, 6.45) is 4.07. The third-order valence-corrected chi connectivity index (χ3v) is 6.11. The van der Waals surface area contributed by atoms with Crippen LogP contribution < -0.4 is 5.32 Å². The summed E-state index contributed by atoms with van der Waals surface area (Å²) in [5.41, 5.74) is 7.01. The Morgan fingerprint density at radius 3 is 2.81 bits per heavy atom. The van der Waals surface area contributed by atoms with Crippen LogP contribution in [-0.2, 0) is 6.42 Å². The molecule has 0 aliphatic rings. The molecule has 0 aliphatic carbocycles. The van der Waals surface area contributed by atoms with Crippen molar-refractivity contribution < 1.29 is 4.79 Å². The summed E-state index contributed by atoms with van der Waals surface area (Å²) in [4.78, 5) is 26.5. The molecule has 0 unspecified atom stereocenters. The highest BCUT2D eigenvalue weighted by Gasteiger charge is 2.15. The van der Waals surface area contributed by atoms with E-state index in [2.05, 4.69) is 15.3 Å². The number of hydrogen-bond acceptors (Lipinski definition) is 6. The van der Waals surface area contributed by atoms with Gasteiger partial charge in [-0.2, -0.15) is 0 Å². The van der Waals surface area contributed by atoms with E-state index in [1.165, 1.54) is 11.3 Å². The average molecular weight is 440 g/mol. The number of aromatic nitrogens is 4. The van der Waals surface area contributed by atoms with E-state index in [1.54, 1.807) is 6.20 Å². The number of anilines is 2. The normalized spacial score (nSPS) is 11.1. The maximum atomic E-state index is 12.8. The molecule has 0 saturated heterocycles. The van der Waals surface area contributed by atoms with E-state index < -0.39 is 0 Å². The molecule has 1 N–H and O–H groups in total. The van der Waals surface area contributed by atoms with E-state index in [-0.39, 0.29) is 5.78 Å². The average Bonchev–Trinajstić information content (AvgIpc) is 3.38. The maximum absolute atomic E-state index is 12.8. The van der Waals surface area contributed by atoms with Crippen molar-refractivity contribution in [3.63, 3.8) is 0 Å². The number of pyridine rings is 2. The molecule has 32 heavy (non-hydrogen) atoms. The molecule has 0 radical (unpaired) electrons. The number of nitrogens with one attached hydrogen (secondary N) is 1. The predicted molar refractivity (Wildman–Crippen MR) is 128 cm³/mol. The third kappa shape index (κ3) is 3.90. The van der Waals surface area contributed by atoms with Crippen LogP contribution in [0.5, 0.6) is 0 Å². The second kappa shape index (κ2) is 8.36. The molecule has 0 fully saturated rings. The fourth-order valence-corrected chi connectivity index (χ4v) is 4.45. The van der Waals surface area contributed by atoms with Crippen molar-refractivity contribution in [3.8, 4) is 11.4 Å². The summed E-state index contributed by atoms with van der Waals surface area (Å²) >= 11 is 1.52. The van der Waals surface area contributed by atoms with Crippen LogP contribution >= 0.6 is 11.3 Å². The van der Waals surface area contributed by atoms with Crippen LogP contribution in [0.15, 0.2) is 72.4 Å². The quantitative estimate of drug-likeness (QED) is 0.347. The summed E-state index contributed by atoms with van der Waals surface area (Å²) in [6, 6.07) is 17.3. The number of benzene rings is 1. The fourth-order valence-electron chi connectivity index (χ4n) is 3.74. The van der Waals surface area contributed by atoms with Crippen LogP contribution in [0.2, 0.25) is 0 Å². The molecule has 0 aliphatic heterocycles. The lowest BCUT2D eigenvalue weighted by molar-refractivity contribution is 0.0992. The van der Waals surface area contributed by atoms with Gasteiger partial charge in [0.1, 0.15) is 11.3 Å². The minimum Gasteiger partial charge on any atom is -0.332 e. The lowest BCUT2D eigenvalue weighted by Gasteiger charge is -2.07. The summed E-state index contributed by atoms with van der Waals surface area (Å²) in [7, 11) is 0. The van der Waals surface area contributed by atoms with Crippen LogP contribution in [0.3, 0.4) is 0 Å². The van der Waals surface area contributed by atoms with Crippen molar-refractivity contribution in [1.82, 2.24) is 19.4 Å². The Balaban J connectivity index is 1.37. The minimum atomic E-state index is 0.0610. The number of nitrogens with zero attached hydrogens (tertiary/aromatic N) is 4. The maximum Gasteiger partial charge on any atom is 0.187 e. The molecule has 5 rings (SSSR count). The van der Waals surface area contributed by atoms with Crippen molar-refractivity contribution in [1.29, 1.82) is 0 Å². The second-order valence-electron chi connectivity index (χ2n) is 7.57. The first kappa shape index (κ1) is 20.1. The molecule has 158 valence electrons. The molecule has 0 atom stereocenters. The Kier molecular flexibility index (Phi) is 5.25. The number of carbonyl (C=O) groups is 1. The molecule has 7 heteroatoms. The molecule has 0 spiro atoms. The van der Waals surface area contributed by atoms with Crippen molar-refractivity contribution in [2.75, 3.05) is 5.32 Å². The molecular formula is C25H21N5OS. The van der Waals surface area contributed by atoms with Crippen LogP contribution in [-0.4, -0.2) is 25.1 Å². The topological polar surface area (TPSA) is 72.2 Å². The van der Waals surface area contributed by atoms with Crippen molar-refractivity contribution in [2.45, 2.75) is 20.3 Å². The lowest BCUT2D eigenvalue weighted by atomic mass is 10.0. The van der Waals surface area contributed by atoms with Gasteiger partial charge in [-0.3, -0.25) is 14.2 Å². The third-order valence-electron chi connectivity index (χ3n) is 5.35. The Morgan fingerprint density at radius 2 is 1.94 bits per heavy atom. The summed E-state index contributed by atoms with van der Waals surface area (Å²) in [5.74, 6) is 0.0610. The van der Waals surface area contributed by atoms with E-state index >= 15 is 0 Å². The zero-order valence-corrected chi connectivity index (χ0v) is 18.6. The van der Waals surface area contributed by atoms with Gasteiger partial charge in [0, 0.05) is 41.1 Å². The van der Waals surface area contributed by atoms with Gasteiger partial charge in [0.2, 0.25) is 0 Å². The monoisotopic (exact) mass is 439 g/mol. The molecule has 6 nitrogen and oxygen atoms in total. The van der Waals surface area contributed by atoms with Crippen molar-refractivity contribution in [2.24, 2.45) is 0 Å². The highest BCUT2D eigenvalue weighted by atomic mass is 32.1. The molecule has 5 aromatic rings. The largest absolute Gasteiger partial charge is 0.332 e. The standard InChI is InChI=1S/C25H21N5OS/c1-16-18(8-6-11-26-16)14-22(31)19-7-5-9-20(13-19)28-25-29-21(15-32-25)24-17(2)27-23-10-3-4-12-30(23)24/h3-13,15H,14H2,1-2H3,(H,28,29). The fraction of sp³-hybridized carbons (Fsp3) is 0.120. The van der Waals surface area contributed by atoms with Gasteiger partial charge < -0.3 is 5.32 Å². The number of aryl methyl sites for hydroxylation is 2. The summed E-state index contributed by atoms with van der Waals surface area (Å²) in [6.45, 7) is 3.92. The zero-order valence-electron chi connectivity index (χ0n) is 17.7. The molecule has 0 saturated carbocycles. The number of Topliss-reactive ketones (excluding diaryl/α,β-unsaturated/α-hetero) is 1. The Bertz CT molecular complexity index is 1440. The van der Waals surface area contributed by atoms with E-state index in [0.29, 0.717) is 12.0 Å². The molecular weight excluding hydrogens is 418 g/mol. The first-order chi connectivity index (χ1) is 15.6. The van der Waals surface area contributed by atoms with E-state index in [0.717, 1.165) is 44.8 Å². The number of imidazole rings is 1. The molecule has 1 aromatic carbocycles. The number of fused-ring (bicyclic) bond motifs is 1. The summed E-state index contributed by atoms with van der Waals surface area (Å²) in [5, 5.41) is 6.12. The van der Waals surface area contributed by atoms with Gasteiger partial charge in [0.25, 0.3) is 0 Å². The smallest absolute Gasteiger partial charge is 0.187 e. The number of hydrogen-bond donors (Lipinski definition) is 1. The van der Waals surface area contributed by atoms with Crippen LogP contribution in [0, 0.1) is 13.8 Å². The predicted octanol–water partition coefficient (Wildman–Crippen LogP) is 5.64. The number of rotatable bonds is 6. The molecule has 4 heterocycles. The van der Waals surface area contributed by atoms with E-state index in [1.807, 2.05) is 84.4 Å². The van der Waals surface area contributed by atoms with Gasteiger partial charge in [0.05, 0.1) is 11.4 Å². The second-order valence-corrected chi connectivity index (χ2v) is 8.42. The van der Waals surface area contributed by atoms with Gasteiger partial charge >= 0.3 is 0 Å². The Hall–Kier alpha value is -3.84. The molecule has 0 amide bonds. The van der Waals surface area contributed by atoms with Gasteiger partial charge in [-0.25, -0.2) is 9.97 Å². The number of carbonyl (C=O) groups excluding carboxylic acids is 1. The zero-order chi connectivity index (χ0) is 22.1. The van der Waals surface area contributed by atoms with Crippen LogP contribution in [0.25, 0.3) is 17.0 Å². The Labute approximate surface area is 189 Å². The number of thiazole rings is 1.